The fraction of sp³-hybridized carbons (Fsp3) is 0.667. The van der Waals surface area contributed by atoms with Crippen LogP contribution in [0.25, 0.3) is 0 Å². The van der Waals surface area contributed by atoms with E-state index in [1.54, 1.807) is 0 Å². The average molecular weight is 258 g/mol. The quantitative estimate of drug-likeness (QED) is 0.284. The smallest absolute Gasteiger partial charge is 0.372 e. The molecule has 0 aromatic rings. The molecule has 2 atom stereocenters. The third-order valence-corrected chi connectivity index (χ3v) is 2.45. The van der Waals surface area contributed by atoms with Gasteiger partial charge in [-0.15, -0.1) is 0 Å². The molecule has 3 N–H and O–H groups in total. The Bertz CT molecular complexity index is 358. The molecule has 10 heteroatoms. The van der Waals surface area contributed by atoms with E-state index in [0.717, 1.165) is 0 Å². The molecule has 0 aromatic heterocycles. The Morgan fingerprint density at radius 2 is 1.88 bits per heavy atom. The number of hydrogen-bond donors (Lipinski definition) is 3. The molecule has 0 saturated carbocycles. The molecule has 0 aliphatic heterocycles. The summed E-state index contributed by atoms with van der Waals surface area (Å²) in [5, 5.41) is 14.7. The summed E-state index contributed by atoms with van der Waals surface area (Å²) in [6.07, 6.45) is -2.58. The van der Waals surface area contributed by atoms with Crippen LogP contribution in [0.3, 0.4) is 0 Å². The van der Waals surface area contributed by atoms with Gasteiger partial charge in [-0.3, -0.25) is 14.2 Å². The Balaban J connectivity index is 4.83. The molecule has 9 nitrogen and oxygen atoms in total. The first kappa shape index (κ1) is 14.8. The number of carbonyl (C=O) groups excluding carboxylic acids is 1. The summed E-state index contributed by atoms with van der Waals surface area (Å²) < 4.78 is 29.6. The molecule has 0 aliphatic carbocycles. The van der Waals surface area contributed by atoms with Crippen molar-refractivity contribution in [3.05, 3.63) is 0 Å². The van der Waals surface area contributed by atoms with Gasteiger partial charge in [0, 0.05) is 0 Å². The van der Waals surface area contributed by atoms with Gasteiger partial charge in [-0.05, 0) is 6.92 Å². The maximum atomic E-state index is 10.9. The van der Waals surface area contributed by atoms with Gasteiger partial charge in [0.05, 0.1) is 6.61 Å². The minimum atomic E-state index is -5.14. The van der Waals surface area contributed by atoms with Gasteiger partial charge >= 0.3 is 11.9 Å². The molecule has 0 aromatic carbocycles. The van der Waals surface area contributed by atoms with Crippen LogP contribution in [-0.2, 0) is 29.5 Å². The summed E-state index contributed by atoms with van der Waals surface area (Å²) in [6.45, 7) is 1.35. The van der Waals surface area contributed by atoms with Gasteiger partial charge in [0.25, 0.3) is 10.1 Å². The highest BCUT2D eigenvalue weighted by Gasteiger charge is 2.43. The molecule has 2 unspecified atom stereocenters. The Hall–Kier alpha value is -1.23. The summed E-state index contributed by atoms with van der Waals surface area (Å²) in [5.41, 5.74) is 0. The lowest BCUT2D eigenvalue weighted by molar-refractivity contribution is -0.276. The second kappa shape index (κ2) is 5.75. The Morgan fingerprint density at radius 3 is 2.19 bits per heavy atom. The number of aliphatic hydroxyl groups is 1. The maximum Gasteiger partial charge on any atom is 0.372 e. The van der Waals surface area contributed by atoms with Gasteiger partial charge in [0.2, 0.25) is 5.25 Å². The van der Waals surface area contributed by atoms with Crippen LogP contribution in [0.2, 0.25) is 0 Å². The van der Waals surface area contributed by atoms with Crippen molar-refractivity contribution in [2.24, 2.45) is 0 Å². The van der Waals surface area contributed by atoms with E-state index in [4.69, 9.17) is 14.8 Å². The van der Waals surface area contributed by atoms with Gasteiger partial charge in [-0.2, -0.15) is 13.3 Å². The fourth-order valence-corrected chi connectivity index (χ4v) is 1.41. The Morgan fingerprint density at radius 1 is 1.38 bits per heavy atom. The van der Waals surface area contributed by atoms with Crippen molar-refractivity contribution in [1.29, 1.82) is 0 Å². The number of aliphatic hydroxyl groups excluding tert-OH is 1. The van der Waals surface area contributed by atoms with Crippen LogP contribution in [0, 0.1) is 0 Å². The van der Waals surface area contributed by atoms with Crippen LogP contribution in [-0.4, -0.2) is 53.1 Å². The summed E-state index contributed by atoms with van der Waals surface area (Å²) in [5.74, 6) is -3.73. The number of carboxylic acids is 1. The highest BCUT2D eigenvalue weighted by Crippen LogP contribution is 2.07. The van der Waals surface area contributed by atoms with Gasteiger partial charge in [0.15, 0.2) is 6.10 Å². The lowest BCUT2D eigenvalue weighted by Gasteiger charge is -2.13. The molecule has 0 bridgehead atoms. The van der Waals surface area contributed by atoms with Crippen LogP contribution in [0.5, 0.6) is 0 Å². The first-order chi connectivity index (χ1) is 7.21. The molecule has 0 fully saturated rings. The van der Waals surface area contributed by atoms with Crippen molar-refractivity contribution in [2.45, 2.75) is 18.3 Å². The lowest BCUT2D eigenvalue weighted by atomic mass is 10.2. The molecule has 0 heterocycles. The third kappa shape index (κ3) is 4.10. The normalized spacial score (nSPS) is 15.2. The van der Waals surface area contributed by atoms with Crippen molar-refractivity contribution >= 4 is 22.1 Å². The highest BCUT2D eigenvalue weighted by atomic mass is 32.2. The topological polar surface area (TPSA) is 147 Å². The zero-order valence-corrected chi connectivity index (χ0v) is 8.88. The number of carboxylic acid groups (broad SMARTS) is 1. The highest BCUT2D eigenvalue weighted by molar-refractivity contribution is 7.87. The van der Waals surface area contributed by atoms with E-state index in [0.29, 0.717) is 0 Å². The predicted molar refractivity (Wildman–Crippen MR) is 46.7 cm³/mol. The average Bonchev–Trinajstić information content (AvgIpc) is 2.10. The molecule has 16 heavy (non-hydrogen) atoms. The summed E-state index contributed by atoms with van der Waals surface area (Å²) >= 11 is 0. The first-order valence-corrected chi connectivity index (χ1v) is 5.42. The zero-order chi connectivity index (χ0) is 12.9. The van der Waals surface area contributed by atoms with E-state index in [9.17, 15) is 18.0 Å². The first-order valence-electron chi connectivity index (χ1n) is 3.92. The lowest BCUT2D eigenvalue weighted by Crippen LogP contribution is -2.45. The van der Waals surface area contributed by atoms with Gasteiger partial charge in [-0.25, -0.2) is 4.79 Å². The van der Waals surface area contributed by atoms with Crippen LogP contribution in [0.1, 0.15) is 6.92 Å². The Kier molecular flexibility index (Phi) is 5.30. The molecular weight excluding hydrogens is 248 g/mol. The second-order valence-corrected chi connectivity index (χ2v) is 4.07. The van der Waals surface area contributed by atoms with Gasteiger partial charge in [-0.1, -0.05) is 0 Å². The minimum Gasteiger partial charge on any atom is -0.480 e. The summed E-state index contributed by atoms with van der Waals surface area (Å²) in [4.78, 5) is 29.2. The SMILES string of the molecule is CCOOC(=O)C(O)C(C(=O)O)S(=O)(=O)O. The van der Waals surface area contributed by atoms with E-state index >= 15 is 0 Å². The van der Waals surface area contributed by atoms with Crippen molar-refractivity contribution < 1.29 is 42.5 Å². The number of aliphatic carboxylic acids is 1. The minimum absolute atomic E-state index is 0.0813. The Labute approximate surface area is 90.3 Å². The zero-order valence-electron chi connectivity index (χ0n) is 8.06. The third-order valence-electron chi connectivity index (χ3n) is 1.35. The maximum absolute atomic E-state index is 10.9. The van der Waals surface area contributed by atoms with Crippen molar-refractivity contribution in [1.82, 2.24) is 0 Å². The van der Waals surface area contributed by atoms with Gasteiger partial charge < -0.3 is 10.2 Å². The van der Waals surface area contributed by atoms with Crippen molar-refractivity contribution in [3.8, 4) is 0 Å². The number of rotatable bonds is 6. The van der Waals surface area contributed by atoms with E-state index in [1.165, 1.54) is 6.92 Å². The van der Waals surface area contributed by atoms with E-state index in [1.807, 2.05) is 0 Å². The number of carbonyl (C=O) groups is 2. The largest absolute Gasteiger partial charge is 0.480 e. The van der Waals surface area contributed by atoms with Crippen LogP contribution >= 0.6 is 0 Å². The summed E-state index contributed by atoms with van der Waals surface area (Å²) in [6, 6.07) is 0. The van der Waals surface area contributed by atoms with E-state index < -0.39 is 33.4 Å². The van der Waals surface area contributed by atoms with Crippen LogP contribution in [0.15, 0.2) is 0 Å². The second-order valence-electron chi connectivity index (χ2n) is 2.53. The predicted octanol–water partition coefficient (Wildman–Crippen LogP) is -1.82. The summed E-state index contributed by atoms with van der Waals surface area (Å²) in [7, 11) is -5.14. The standard InChI is InChI=1S/C6H10O9S/c1-2-14-15-6(10)3(7)4(5(8)9)16(11,12)13/h3-4,7H,2H2,1H3,(H,8,9)(H,11,12,13). The molecule has 0 saturated heterocycles. The number of hydrogen-bond acceptors (Lipinski definition) is 7. The molecular formula is C6H10O9S. The molecule has 0 aliphatic rings. The van der Waals surface area contributed by atoms with Crippen LogP contribution in [0.4, 0.5) is 0 Å². The molecule has 0 spiro atoms. The molecule has 0 rings (SSSR count). The molecule has 94 valence electrons. The molecule has 0 radical (unpaired) electrons. The van der Waals surface area contributed by atoms with E-state index in [2.05, 4.69) is 9.78 Å². The fourth-order valence-electron chi connectivity index (χ4n) is 0.715. The monoisotopic (exact) mass is 258 g/mol. The van der Waals surface area contributed by atoms with Gasteiger partial charge in [0.1, 0.15) is 0 Å². The van der Waals surface area contributed by atoms with Crippen molar-refractivity contribution in [2.75, 3.05) is 6.61 Å². The van der Waals surface area contributed by atoms with E-state index in [-0.39, 0.29) is 6.61 Å². The van der Waals surface area contributed by atoms with Crippen molar-refractivity contribution in [3.63, 3.8) is 0 Å². The van der Waals surface area contributed by atoms with Crippen LogP contribution < -0.4 is 0 Å². The molecule has 0 amide bonds.